The van der Waals surface area contributed by atoms with E-state index in [0.717, 1.165) is 5.92 Å². The molecule has 0 amide bonds. The summed E-state index contributed by atoms with van der Waals surface area (Å²) in [6.45, 7) is 16.6. The van der Waals surface area contributed by atoms with Gasteiger partial charge in [0, 0.05) is 11.3 Å². The van der Waals surface area contributed by atoms with Crippen LogP contribution in [0.2, 0.25) is 0 Å². The lowest BCUT2D eigenvalue weighted by atomic mass is 9.44. The molecule has 3 saturated carbocycles. The number of ether oxygens (including phenoxy) is 1. The second-order valence-corrected chi connectivity index (χ2v) is 9.67. The lowest BCUT2D eigenvalue weighted by Crippen LogP contribution is -2.63. The average molecular weight is 288 g/mol. The van der Waals surface area contributed by atoms with Crippen molar-refractivity contribution in [2.75, 3.05) is 0 Å². The van der Waals surface area contributed by atoms with Crippen LogP contribution < -0.4 is 0 Å². The van der Waals surface area contributed by atoms with Crippen molar-refractivity contribution in [1.29, 1.82) is 0 Å². The molecule has 1 spiro atoms. The van der Waals surface area contributed by atoms with Crippen LogP contribution in [0.5, 0.6) is 0 Å². The molecule has 2 unspecified atom stereocenters. The van der Waals surface area contributed by atoms with Crippen LogP contribution in [-0.2, 0) is 4.74 Å². The minimum absolute atomic E-state index is 0.0146. The van der Waals surface area contributed by atoms with Crippen molar-refractivity contribution in [3.05, 3.63) is 12.2 Å². The Morgan fingerprint density at radius 3 is 2.43 bits per heavy atom. The van der Waals surface area contributed by atoms with Gasteiger partial charge in [0.15, 0.2) is 0 Å². The molecule has 1 heterocycles. The van der Waals surface area contributed by atoms with Crippen LogP contribution in [0.3, 0.4) is 0 Å². The van der Waals surface area contributed by atoms with Crippen molar-refractivity contribution >= 4 is 0 Å². The Kier molecular flexibility index (Phi) is 2.57. The van der Waals surface area contributed by atoms with Gasteiger partial charge in [0.1, 0.15) is 0 Å². The molecule has 0 aromatic heterocycles. The molecule has 4 rings (SSSR count). The van der Waals surface area contributed by atoms with E-state index in [9.17, 15) is 0 Å². The van der Waals surface area contributed by atoms with Crippen LogP contribution in [0.1, 0.15) is 73.1 Å². The van der Waals surface area contributed by atoms with Gasteiger partial charge in [-0.3, -0.25) is 0 Å². The van der Waals surface area contributed by atoms with Gasteiger partial charge in [0.2, 0.25) is 0 Å². The summed E-state index contributed by atoms with van der Waals surface area (Å²) in [5.74, 6) is 2.16. The maximum Gasteiger partial charge on any atom is 0.0939 e. The molecule has 1 saturated heterocycles. The Labute approximate surface area is 130 Å². The van der Waals surface area contributed by atoms with Crippen molar-refractivity contribution in [1.82, 2.24) is 0 Å². The number of fused-ring (bicyclic) bond motifs is 3. The highest BCUT2D eigenvalue weighted by atomic mass is 16.5. The fourth-order valence-corrected chi connectivity index (χ4v) is 6.95. The van der Waals surface area contributed by atoms with Crippen LogP contribution >= 0.6 is 0 Å². The monoisotopic (exact) mass is 288 g/mol. The summed E-state index contributed by atoms with van der Waals surface area (Å²) < 4.78 is 6.94. The second-order valence-electron chi connectivity index (χ2n) is 9.67. The van der Waals surface area contributed by atoms with Crippen LogP contribution in [-0.4, -0.2) is 11.2 Å². The van der Waals surface area contributed by atoms with Crippen LogP contribution in [0.15, 0.2) is 12.2 Å². The highest BCUT2D eigenvalue weighted by Gasteiger charge is 2.75. The molecule has 0 bridgehead atoms. The van der Waals surface area contributed by atoms with E-state index in [0.29, 0.717) is 22.7 Å². The first-order chi connectivity index (χ1) is 9.67. The second kappa shape index (κ2) is 3.78. The molecule has 0 aromatic rings. The van der Waals surface area contributed by atoms with Crippen LogP contribution in [0.25, 0.3) is 0 Å². The first-order valence-electron chi connectivity index (χ1n) is 9.07. The van der Waals surface area contributed by atoms with Gasteiger partial charge < -0.3 is 4.74 Å². The molecule has 21 heavy (non-hydrogen) atoms. The molecule has 4 aliphatic rings. The lowest BCUT2D eigenvalue weighted by molar-refractivity contribution is -0.235. The van der Waals surface area contributed by atoms with Gasteiger partial charge in [-0.2, -0.15) is 0 Å². The van der Waals surface area contributed by atoms with Gasteiger partial charge in [-0.05, 0) is 61.9 Å². The van der Waals surface area contributed by atoms with E-state index in [2.05, 4.69) is 41.2 Å². The average Bonchev–Trinajstić information content (AvgIpc) is 2.75. The first-order valence-corrected chi connectivity index (χ1v) is 9.07. The number of hydrogen-bond acceptors (Lipinski definition) is 1. The smallest absolute Gasteiger partial charge is 0.0939 e. The molecule has 0 radical (unpaired) electrons. The van der Waals surface area contributed by atoms with Crippen LogP contribution in [0.4, 0.5) is 0 Å². The Balaban J connectivity index is 1.77. The SMILES string of the molecule is C=C1C2C[C@@]3(O[C@]12C)[C@H](C)CCC1C(C)(C)CCC[C@@]13C. The minimum atomic E-state index is 0.0146. The summed E-state index contributed by atoms with van der Waals surface area (Å²) in [7, 11) is 0. The maximum atomic E-state index is 6.94. The van der Waals surface area contributed by atoms with Crippen molar-refractivity contribution in [3.8, 4) is 0 Å². The molecule has 1 heteroatoms. The quantitative estimate of drug-likeness (QED) is 0.546. The zero-order chi connectivity index (χ0) is 15.3. The summed E-state index contributed by atoms with van der Waals surface area (Å²) >= 11 is 0. The van der Waals surface area contributed by atoms with Crippen molar-refractivity contribution in [2.45, 2.75) is 84.3 Å². The molecule has 6 atom stereocenters. The fraction of sp³-hybridized carbons (Fsp3) is 0.900. The van der Waals surface area contributed by atoms with Crippen molar-refractivity contribution in [3.63, 3.8) is 0 Å². The van der Waals surface area contributed by atoms with Crippen molar-refractivity contribution < 1.29 is 4.74 Å². The predicted octanol–water partition coefficient (Wildman–Crippen LogP) is 5.35. The van der Waals surface area contributed by atoms with Gasteiger partial charge in [0.25, 0.3) is 0 Å². The first kappa shape index (κ1) is 14.3. The van der Waals surface area contributed by atoms with Gasteiger partial charge in [-0.15, -0.1) is 0 Å². The third kappa shape index (κ3) is 1.47. The van der Waals surface area contributed by atoms with E-state index < -0.39 is 0 Å². The highest BCUT2D eigenvalue weighted by molar-refractivity contribution is 5.43. The molecule has 1 aliphatic heterocycles. The summed E-state index contributed by atoms with van der Waals surface area (Å²) in [4.78, 5) is 0. The Hall–Kier alpha value is -0.300. The van der Waals surface area contributed by atoms with Gasteiger partial charge in [-0.25, -0.2) is 0 Å². The summed E-state index contributed by atoms with van der Waals surface area (Å²) in [5, 5.41) is 0. The lowest BCUT2D eigenvalue weighted by Gasteiger charge is -2.64. The minimum Gasteiger partial charge on any atom is -0.363 e. The standard InChI is InChI=1S/C20H32O/c1-13-8-9-16-17(3,4)10-7-11-18(16,5)20(13)12-15-14(2)19(15,6)21-20/h13,15-16H,2,7-12H2,1,3-6H3/t13-,15?,16?,18+,19-,20-/m1/s1. The molecule has 118 valence electrons. The zero-order valence-corrected chi connectivity index (χ0v) is 14.6. The summed E-state index contributed by atoms with van der Waals surface area (Å²) in [6.07, 6.45) is 8.12. The summed E-state index contributed by atoms with van der Waals surface area (Å²) in [5.41, 5.74) is 2.34. The topological polar surface area (TPSA) is 9.23 Å². The van der Waals surface area contributed by atoms with Gasteiger partial charge in [-0.1, -0.05) is 40.7 Å². The van der Waals surface area contributed by atoms with Crippen molar-refractivity contribution in [2.24, 2.45) is 28.6 Å². The molecule has 0 N–H and O–H groups in total. The molecule has 1 nitrogen and oxygen atoms in total. The Morgan fingerprint density at radius 2 is 1.81 bits per heavy atom. The largest absolute Gasteiger partial charge is 0.363 e. The van der Waals surface area contributed by atoms with E-state index in [4.69, 9.17) is 4.74 Å². The highest BCUT2D eigenvalue weighted by Crippen LogP contribution is 2.74. The molecule has 0 aromatic carbocycles. The normalized spacial score (nSPS) is 58.0. The number of rotatable bonds is 0. The number of hydrogen-bond donors (Lipinski definition) is 0. The van der Waals surface area contributed by atoms with E-state index in [-0.39, 0.29) is 11.2 Å². The predicted molar refractivity (Wildman–Crippen MR) is 87.1 cm³/mol. The summed E-state index contributed by atoms with van der Waals surface area (Å²) in [6, 6.07) is 0. The molecular formula is C20H32O. The Bertz CT molecular complexity index is 506. The van der Waals surface area contributed by atoms with Gasteiger partial charge in [0.05, 0.1) is 11.2 Å². The zero-order valence-electron chi connectivity index (χ0n) is 14.6. The van der Waals surface area contributed by atoms with E-state index in [1.54, 1.807) is 0 Å². The fourth-order valence-electron chi connectivity index (χ4n) is 6.95. The third-order valence-electron chi connectivity index (χ3n) is 8.42. The molecular weight excluding hydrogens is 256 g/mol. The Morgan fingerprint density at radius 1 is 1.10 bits per heavy atom. The van der Waals surface area contributed by atoms with E-state index in [1.165, 1.54) is 44.1 Å². The van der Waals surface area contributed by atoms with Crippen LogP contribution in [0, 0.1) is 28.6 Å². The molecule has 3 aliphatic carbocycles. The third-order valence-corrected chi connectivity index (χ3v) is 8.42. The van der Waals surface area contributed by atoms with E-state index in [1.807, 2.05) is 0 Å². The molecule has 4 fully saturated rings. The van der Waals surface area contributed by atoms with E-state index >= 15 is 0 Å². The van der Waals surface area contributed by atoms with Gasteiger partial charge >= 0.3 is 0 Å². The maximum absolute atomic E-state index is 6.94.